The summed E-state index contributed by atoms with van der Waals surface area (Å²) in [5.74, 6) is -0.965. The van der Waals surface area contributed by atoms with E-state index in [1.165, 1.54) is 6.92 Å². The number of hydrogen-bond acceptors (Lipinski definition) is 5. The van der Waals surface area contributed by atoms with Gasteiger partial charge in [-0.3, -0.25) is 0 Å². The summed E-state index contributed by atoms with van der Waals surface area (Å²) in [6, 6.07) is 5.22. The van der Waals surface area contributed by atoms with Gasteiger partial charge in [0, 0.05) is 5.69 Å². The number of sulfonamides is 1. The summed E-state index contributed by atoms with van der Waals surface area (Å²) in [6.07, 6.45) is 0. The van der Waals surface area contributed by atoms with E-state index in [0.717, 1.165) is 12.1 Å². The Kier molecular flexibility index (Phi) is 4.43. The van der Waals surface area contributed by atoms with Crippen molar-refractivity contribution in [3.63, 3.8) is 0 Å². The quantitative estimate of drug-likeness (QED) is 0.647. The van der Waals surface area contributed by atoms with Crippen molar-refractivity contribution >= 4 is 15.7 Å². The maximum absolute atomic E-state index is 13.7. The number of rotatable bonds is 4. The Hall–Kier alpha value is -2.16. The van der Waals surface area contributed by atoms with Gasteiger partial charge in [-0.05, 0) is 24.6 Å². The maximum Gasteiger partial charge on any atom is 0.247 e. The first-order chi connectivity index (χ1) is 8.84. The second-order valence-electron chi connectivity index (χ2n) is 3.73. The Morgan fingerprint density at radius 2 is 1.84 bits per heavy atom. The van der Waals surface area contributed by atoms with Crippen LogP contribution in [0.4, 0.5) is 10.1 Å². The molecule has 1 rings (SSSR count). The molecule has 0 amide bonds. The Balaban J connectivity index is 3.38. The van der Waals surface area contributed by atoms with Gasteiger partial charge in [-0.25, -0.2) is 12.8 Å². The number of aryl methyl sites for hydroxylation is 1. The highest BCUT2D eigenvalue weighted by Crippen LogP contribution is 2.24. The van der Waals surface area contributed by atoms with Gasteiger partial charge >= 0.3 is 0 Å². The molecule has 0 unspecified atom stereocenters. The van der Waals surface area contributed by atoms with E-state index in [9.17, 15) is 12.8 Å². The zero-order valence-corrected chi connectivity index (χ0v) is 10.9. The van der Waals surface area contributed by atoms with E-state index >= 15 is 0 Å². The zero-order valence-electron chi connectivity index (χ0n) is 10.1. The molecule has 0 radical (unpaired) electrons. The monoisotopic (exact) mass is 282 g/mol. The minimum Gasteiger partial charge on any atom is -0.398 e. The highest BCUT2D eigenvalue weighted by atomic mass is 32.2. The molecule has 8 heteroatoms. The number of nitrogens with two attached hydrogens (primary N) is 1. The molecule has 1 aromatic carbocycles. The van der Waals surface area contributed by atoms with Crippen LogP contribution in [0.1, 0.15) is 5.56 Å². The van der Waals surface area contributed by atoms with Crippen LogP contribution in [0.15, 0.2) is 17.0 Å². The van der Waals surface area contributed by atoms with Crippen molar-refractivity contribution < 1.29 is 12.8 Å². The molecular weight excluding hydrogens is 271 g/mol. The summed E-state index contributed by atoms with van der Waals surface area (Å²) in [5, 5.41) is 17.1. The van der Waals surface area contributed by atoms with Crippen molar-refractivity contribution in [3.05, 3.63) is 23.5 Å². The first-order valence-corrected chi connectivity index (χ1v) is 6.58. The normalized spacial score (nSPS) is 11.0. The van der Waals surface area contributed by atoms with Crippen LogP contribution in [0.3, 0.4) is 0 Å². The third-order valence-electron chi connectivity index (χ3n) is 2.43. The summed E-state index contributed by atoms with van der Waals surface area (Å²) in [5.41, 5.74) is 6.08. The van der Waals surface area contributed by atoms with Crippen molar-refractivity contribution in [1.82, 2.24) is 4.31 Å². The van der Waals surface area contributed by atoms with Crippen LogP contribution in [0.25, 0.3) is 0 Å². The number of benzene rings is 1. The second-order valence-corrected chi connectivity index (χ2v) is 5.63. The number of nitriles is 2. The third kappa shape index (κ3) is 2.99. The highest BCUT2D eigenvalue weighted by molar-refractivity contribution is 7.89. The molecule has 0 saturated carbocycles. The van der Waals surface area contributed by atoms with Gasteiger partial charge in [0.05, 0.1) is 12.1 Å². The largest absolute Gasteiger partial charge is 0.398 e. The van der Waals surface area contributed by atoms with Gasteiger partial charge in [0.25, 0.3) is 0 Å². The molecule has 0 aliphatic rings. The van der Waals surface area contributed by atoms with Crippen LogP contribution in [0, 0.1) is 35.4 Å². The van der Waals surface area contributed by atoms with Crippen LogP contribution >= 0.6 is 0 Å². The fourth-order valence-electron chi connectivity index (χ4n) is 1.39. The van der Waals surface area contributed by atoms with E-state index in [2.05, 4.69) is 0 Å². The van der Waals surface area contributed by atoms with Gasteiger partial charge in [0.2, 0.25) is 10.0 Å². The van der Waals surface area contributed by atoms with E-state index in [1.54, 1.807) is 12.1 Å². The number of halogens is 1. The van der Waals surface area contributed by atoms with E-state index in [-0.39, 0.29) is 5.69 Å². The molecule has 1 aromatic rings. The van der Waals surface area contributed by atoms with Crippen molar-refractivity contribution in [2.45, 2.75) is 11.8 Å². The van der Waals surface area contributed by atoms with Crippen LogP contribution < -0.4 is 5.73 Å². The van der Waals surface area contributed by atoms with Crippen molar-refractivity contribution in [3.8, 4) is 12.1 Å². The Labute approximate surface area is 110 Å². The molecular formula is C11H11FN4O2S. The van der Waals surface area contributed by atoms with E-state index in [4.69, 9.17) is 16.3 Å². The summed E-state index contributed by atoms with van der Waals surface area (Å²) in [7, 11) is -4.26. The minimum atomic E-state index is -4.26. The topological polar surface area (TPSA) is 111 Å². The van der Waals surface area contributed by atoms with Gasteiger partial charge in [-0.1, -0.05) is 0 Å². The molecule has 0 bridgehead atoms. The predicted molar refractivity (Wildman–Crippen MR) is 65.5 cm³/mol. The van der Waals surface area contributed by atoms with E-state index < -0.39 is 33.8 Å². The Morgan fingerprint density at radius 3 is 2.32 bits per heavy atom. The van der Waals surface area contributed by atoms with Gasteiger partial charge in [-0.2, -0.15) is 14.8 Å². The molecule has 0 spiro atoms. The van der Waals surface area contributed by atoms with Gasteiger partial charge < -0.3 is 5.73 Å². The molecule has 0 fully saturated rings. The smallest absolute Gasteiger partial charge is 0.247 e. The minimum absolute atomic E-state index is 0.119. The third-order valence-corrected chi connectivity index (χ3v) is 4.24. The number of hydrogen-bond donors (Lipinski definition) is 1. The summed E-state index contributed by atoms with van der Waals surface area (Å²) >= 11 is 0. The first kappa shape index (κ1) is 14.9. The number of anilines is 1. The maximum atomic E-state index is 13.7. The fourth-order valence-corrected chi connectivity index (χ4v) is 2.70. The van der Waals surface area contributed by atoms with Crippen LogP contribution in [0.5, 0.6) is 0 Å². The molecule has 0 aliphatic carbocycles. The summed E-state index contributed by atoms with van der Waals surface area (Å²) in [4.78, 5) is -0.638. The van der Waals surface area contributed by atoms with Crippen molar-refractivity contribution in [2.75, 3.05) is 18.8 Å². The Bertz CT molecular complexity index is 657. The summed E-state index contributed by atoms with van der Waals surface area (Å²) in [6.45, 7) is 0.462. The average Bonchev–Trinajstić information content (AvgIpc) is 2.33. The van der Waals surface area contributed by atoms with Crippen molar-refractivity contribution in [1.29, 1.82) is 10.5 Å². The SMILES string of the molecule is Cc1cc(F)c(S(=O)(=O)N(CC#N)CC#N)cc1N. The number of nitrogens with zero attached hydrogens (tertiary/aromatic N) is 3. The van der Waals surface area contributed by atoms with Crippen LogP contribution in [-0.4, -0.2) is 25.8 Å². The van der Waals surface area contributed by atoms with Gasteiger partial charge in [0.15, 0.2) is 0 Å². The predicted octanol–water partition coefficient (Wildman–Crippen LogP) is 0.754. The van der Waals surface area contributed by atoms with E-state index in [0.29, 0.717) is 9.87 Å². The van der Waals surface area contributed by atoms with Crippen LogP contribution in [-0.2, 0) is 10.0 Å². The fraction of sp³-hybridized carbons (Fsp3) is 0.273. The van der Waals surface area contributed by atoms with Gasteiger partial charge in [0.1, 0.15) is 23.8 Å². The molecule has 6 nitrogen and oxygen atoms in total. The van der Waals surface area contributed by atoms with Crippen LogP contribution in [0.2, 0.25) is 0 Å². The molecule has 0 aliphatic heterocycles. The lowest BCUT2D eigenvalue weighted by Crippen LogP contribution is -2.32. The molecule has 2 N–H and O–H groups in total. The molecule has 0 atom stereocenters. The average molecular weight is 282 g/mol. The zero-order chi connectivity index (χ0) is 14.6. The lowest BCUT2D eigenvalue weighted by molar-refractivity contribution is 0.471. The lowest BCUT2D eigenvalue weighted by atomic mass is 10.2. The number of nitrogen functional groups attached to an aromatic ring is 1. The first-order valence-electron chi connectivity index (χ1n) is 5.14. The standard InChI is InChI=1S/C11H11FN4O2S/c1-8-6-9(12)11(7-10(8)15)19(17,18)16(4-2-13)5-3-14/h6-7H,4-5,15H2,1H3. The molecule has 0 aromatic heterocycles. The molecule has 19 heavy (non-hydrogen) atoms. The molecule has 0 heterocycles. The highest BCUT2D eigenvalue weighted by Gasteiger charge is 2.27. The van der Waals surface area contributed by atoms with E-state index in [1.807, 2.05) is 0 Å². The molecule has 0 saturated heterocycles. The second kappa shape index (κ2) is 5.65. The summed E-state index contributed by atoms with van der Waals surface area (Å²) < 4.78 is 38.6. The molecule has 100 valence electrons. The Morgan fingerprint density at radius 1 is 1.32 bits per heavy atom. The van der Waals surface area contributed by atoms with Gasteiger partial charge in [-0.15, -0.1) is 0 Å². The lowest BCUT2D eigenvalue weighted by Gasteiger charge is -2.17. The van der Waals surface area contributed by atoms with Crippen molar-refractivity contribution in [2.24, 2.45) is 0 Å².